The molecule has 0 radical (unpaired) electrons. The molecule has 0 aromatic rings. The molecule has 0 rings (SSSR count). The molecule has 0 spiro atoms. The largest absolute Gasteiger partial charge is 0.357 e. The molecule has 0 aliphatic carbocycles. The standard InChI is InChI=1S/C16H33N5O2.HI/c1-6-17-16(18-11-9-14(22)20-13(4)5)19-12-10-15(23)21(7-2)8-3;/h13H,6-12H2,1-5H3,(H,20,22)(H2,17,18,19);1H. The SMILES string of the molecule is CCNC(=NCCC(=O)N(CC)CC)NCCC(=O)NC(C)C.I. The van der Waals surface area contributed by atoms with Crippen molar-refractivity contribution in [2.75, 3.05) is 32.7 Å². The number of hydrogen-bond acceptors (Lipinski definition) is 3. The highest BCUT2D eigenvalue weighted by Crippen LogP contribution is 1.94. The number of rotatable bonds is 10. The number of nitrogens with zero attached hydrogens (tertiary/aromatic N) is 2. The van der Waals surface area contributed by atoms with Gasteiger partial charge in [0.25, 0.3) is 0 Å². The molecule has 0 unspecified atom stereocenters. The smallest absolute Gasteiger partial charge is 0.224 e. The first-order valence-electron chi connectivity index (χ1n) is 8.53. The number of nitrogens with one attached hydrogen (secondary N) is 3. The lowest BCUT2D eigenvalue weighted by molar-refractivity contribution is -0.130. The van der Waals surface area contributed by atoms with Crippen molar-refractivity contribution < 1.29 is 9.59 Å². The average Bonchev–Trinajstić information content (AvgIpc) is 2.47. The highest BCUT2D eigenvalue weighted by Gasteiger charge is 2.09. The number of guanidine groups is 1. The van der Waals surface area contributed by atoms with Gasteiger partial charge < -0.3 is 20.9 Å². The second kappa shape index (κ2) is 15.5. The fourth-order valence-corrected chi connectivity index (χ4v) is 2.03. The molecule has 0 aliphatic rings. The van der Waals surface area contributed by atoms with E-state index in [-0.39, 0.29) is 41.8 Å². The van der Waals surface area contributed by atoms with Gasteiger partial charge in [-0.05, 0) is 34.6 Å². The van der Waals surface area contributed by atoms with Gasteiger partial charge in [0.05, 0.1) is 6.54 Å². The van der Waals surface area contributed by atoms with E-state index in [4.69, 9.17) is 0 Å². The van der Waals surface area contributed by atoms with Gasteiger partial charge in [0, 0.05) is 45.1 Å². The second-order valence-electron chi connectivity index (χ2n) is 5.48. The first-order valence-corrected chi connectivity index (χ1v) is 8.53. The predicted molar refractivity (Wildman–Crippen MR) is 110 cm³/mol. The Kier molecular flexibility index (Phi) is 16.2. The van der Waals surface area contributed by atoms with Crippen molar-refractivity contribution in [3.63, 3.8) is 0 Å². The summed E-state index contributed by atoms with van der Waals surface area (Å²) in [6.07, 6.45) is 0.785. The van der Waals surface area contributed by atoms with Crippen LogP contribution >= 0.6 is 24.0 Å². The van der Waals surface area contributed by atoms with Gasteiger partial charge in [-0.1, -0.05) is 0 Å². The number of halogens is 1. The molecule has 0 saturated carbocycles. The van der Waals surface area contributed by atoms with Gasteiger partial charge in [0.15, 0.2) is 5.96 Å². The monoisotopic (exact) mass is 455 g/mol. The minimum absolute atomic E-state index is 0. The number of amides is 2. The number of carbonyl (C=O) groups excluding carboxylic acids is 2. The van der Waals surface area contributed by atoms with Gasteiger partial charge in [0.2, 0.25) is 11.8 Å². The van der Waals surface area contributed by atoms with Crippen molar-refractivity contribution in [1.82, 2.24) is 20.9 Å². The van der Waals surface area contributed by atoms with E-state index in [0.717, 1.165) is 19.6 Å². The maximum Gasteiger partial charge on any atom is 0.224 e. The van der Waals surface area contributed by atoms with Crippen LogP contribution < -0.4 is 16.0 Å². The summed E-state index contributed by atoms with van der Waals surface area (Å²) in [6.45, 7) is 12.9. The zero-order valence-corrected chi connectivity index (χ0v) is 18.0. The van der Waals surface area contributed by atoms with E-state index in [9.17, 15) is 9.59 Å². The summed E-state index contributed by atoms with van der Waals surface area (Å²) >= 11 is 0. The summed E-state index contributed by atoms with van der Waals surface area (Å²) in [5, 5.41) is 9.06. The zero-order chi connectivity index (χ0) is 17.7. The van der Waals surface area contributed by atoms with Crippen molar-refractivity contribution in [2.24, 2.45) is 4.99 Å². The van der Waals surface area contributed by atoms with Gasteiger partial charge in [-0.25, -0.2) is 0 Å². The van der Waals surface area contributed by atoms with Gasteiger partial charge in [-0.3, -0.25) is 14.6 Å². The van der Waals surface area contributed by atoms with E-state index in [1.54, 1.807) is 4.90 Å². The summed E-state index contributed by atoms with van der Waals surface area (Å²) in [7, 11) is 0. The molecule has 24 heavy (non-hydrogen) atoms. The van der Waals surface area contributed by atoms with E-state index in [1.807, 2.05) is 34.6 Å². The molecule has 0 aliphatic heterocycles. The van der Waals surface area contributed by atoms with Crippen LogP contribution in [0.1, 0.15) is 47.5 Å². The van der Waals surface area contributed by atoms with E-state index in [2.05, 4.69) is 20.9 Å². The summed E-state index contributed by atoms with van der Waals surface area (Å²) in [5.41, 5.74) is 0. The summed E-state index contributed by atoms with van der Waals surface area (Å²) in [6, 6.07) is 0.149. The quantitative estimate of drug-likeness (QED) is 0.264. The first kappa shape index (κ1) is 25.2. The molecule has 0 heterocycles. The molecule has 0 fully saturated rings. The third-order valence-electron chi connectivity index (χ3n) is 3.15. The lowest BCUT2D eigenvalue weighted by Gasteiger charge is -2.18. The predicted octanol–water partition coefficient (Wildman–Crippen LogP) is 1.33. The Morgan fingerprint density at radius 2 is 1.67 bits per heavy atom. The minimum atomic E-state index is 0. The normalized spacial score (nSPS) is 10.8. The Labute approximate surface area is 163 Å². The van der Waals surface area contributed by atoms with Gasteiger partial charge in [-0.2, -0.15) is 0 Å². The van der Waals surface area contributed by atoms with Crippen LogP contribution in [-0.2, 0) is 9.59 Å². The average molecular weight is 455 g/mol. The molecular weight excluding hydrogens is 421 g/mol. The van der Waals surface area contributed by atoms with Crippen LogP contribution in [0.3, 0.4) is 0 Å². The van der Waals surface area contributed by atoms with Crippen molar-refractivity contribution >= 4 is 41.8 Å². The van der Waals surface area contributed by atoms with Crippen LogP contribution in [0.15, 0.2) is 4.99 Å². The van der Waals surface area contributed by atoms with Crippen molar-refractivity contribution in [2.45, 2.75) is 53.5 Å². The van der Waals surface area contributed by atoms with Crippen LogP contribution in [0.25, 0.3) is 0 Å². The molecule has 142 valence electrons. The summed E-state index contributed by atoms with van der Waals surface area (Å²) in [4.78, 5) is 29.7. The first-order chi connectivity index (χ1) is 10.9. The Morgan fingerprint density at radius 3 is 2.17 bits per heavy atom. The highest BCUT2D eigenvalue weighted by atomic mass is 127. The lowest BCUT2D eigenvalue weighted by atomic mass is 10.3. The van der Waals surface area contributed by atoms with Crippen molar-refractivity contribution in [3.05, 3.63) is 0 Å². The number of carbonyl (C=O) groups is 2. The van der Waals surface area contributed by atoms with Crippen molar-refractivity contribution in [1.29, 1.82) is 0 Å². The highest BCUT2D eigenvalue weighted by molar-refractivity contribution is 14.0. The number of aliphatic imine (C=N–C) groups is 1. The molecule has 0 aromatic heterocycles. The molecule has 8 heteroatoms. The van der Waals surface area contributed by atoms with Crippen LogP contribution in [0, 0.1) is 0 Å². The summed E-state index contributed by atoms with van der Waals surface area (Å²) < 4.78 is 0. The Balaban J connectivity index is 0. The minimum Gasteiger partial charge on any atom is -0.357 e. The Bertz CT molecular complexity index is 385. The third kappa shape index (κ3) is 12.4. The van der Waals surface area contributed by atoms with Crippen molar-refractivity contribution in [3.8, 4) is 0 Å². The Hall–Kier alpha value is -1.06. The van der Waals surface area contributed by atoms with E-state index in [1.165, 1.54) is 0 Å². The third-order valence-corrected chi connectivity index (χ3v) is 3.15. The zero-order valence-electron chi connectivity index (χ0n) is 15.6. The molecule has 0 saturated heterocycles. The molecule has 0 aromatic carbocycles. The van der Waals surface area contributed by atoms with E-state index >= 15 is 0 Å². The van der Waals surface area contributed by atoms with Crippen LogP contribution in [0.4, 0.5) is 0 Å². The number of hydrogen-bond donors (Lipinski definition) is 3. The van der Waals surface area contributed by atoms with Crippen LogP contribution in [-0.4, -0.2) is 61.4 Å². The maximum atomic E-state index is 11.9. The summed E-state index contributed by atoms with van der Waals surface area (Å²) in [5.74, 6) is 0.767. The van der Waals surface area contributed by atoms with Crippen LogP contribution in [0.5, 0.6) is 0 Å². The van der Waals surface area contributed by atoms with Gasteiger partial charge in [-0.15, -0.1) is 24.0 Å². The molecule has 0 atom stereocenters. The molecule has 0 bridgehead atoms. The lowest BCUT2D eigenvalue weighted by Crippen LogP contribution is -2.40. The Morgan fingerprint density at radius 1 is 1.04 bits per heavy atom. The van der Waals surface area contributed by atoms with E-state index < -0.39 is 0 Å². The molecule has 2 amide bonds. The van der Waals surface area contributed by atoms with E-state index in [0.29, 0.717) is 31.9 Å². The maximum absolute atomic E-state index is 11.9. The molecular formula is C16H34IN5O2. The topological polar surface area (TPSA) is 85.8 Å². The van der Waals surface area contributed by atoms with Gasteiger partial charge in [0.1, 0.15) is 0 Å². The second-order valence-corrected chi connectivity index (χ2v) is 5.48. The molecule has 3 N–H and O–H groups in total. The van der Waals surface area contributed by atoms with Crippen LogP contribution in [0.2, 0.25) is 0 Å². The molecule has 7 nitrogen and oxygen atoms in total. The van der Waals surface area contributed by atoms with Gasteiger partial charge >= 0.3 is 0 Å². The fraction of sp³-hybridized carbons (Fsp3) is 0.812. The fourth-order valence-electron chi connectivity index (χ4n) is 2.03.